The molecule has 3 amide bonds. The summed E-state index contributed by atoms with van der Waals surface area (Å²) < 4.78 is 5.53. The minimum Gasteiger partial charge on any atom is -0.444 e. The molecular formula is C18H31N3O5. The van der Waals surface area contributed by atoms with Crippen molar-refractivity contribution in [2.24, 2.45) is 5.41 Å². The Morgan fingerprint density at radius 2 is 2.04 bits per heavy atom. The lowest BCUT2D eigenvalue weighted by Crippen LogP contribution is -2.47. The van der Waals surface area contributed by atoms with Crippen molar-refractivity contribution in [2.75, 3.05) is 32.8 Å². The lowest BCUT2D eigenvalue weighted by atomic mass is 9.88. The van der Waals surface area contributed by atoms with Crippen LogP contribution in [0.15, 0.2) is 0 Å². The molecular weight excluding hydrogens is 338 g/mol. The summed E-state index contributed by atoms with van der Waals surface area (Å²) in [5, 5.41) is 11.8. The van der Waals surface area contributed by atoms with Gasteiger partial charge in [-0.3, -0.25) is 9.59 Å². The number of likely N-dealkylation sites (tertiary alicyclic amines) is 2. The van der Waals surface area contributed by atoms with Crippen LogP contribution in [0.1, 0.15) is 46.5 Å². The molecule has 0 radical (unpaired) electrons. The van der Waals surface area contributed by atoms with Gasteiger partial charge in [0.25, 0.3) is 0 Å². The molecule has 0 aromatic rings. The molecule has 2 fully saturated rings. The van der Waals surface area contributed by atoms with Crippen molar-refractivity contribution in [3.8, 4) is 0 Å². The lowest BCUT2D eigenvalue weighted by molar-refractivity contribution is -0.131. The zero-order chi connectivity index (χ0) is 19.3. The van der Waals surface area contributed by atoms with Gasteiger partial charge >= 0.3 is 6.09 Å². The maximum atomic E-state index is 12.2. The van der Waals surface area contributed by atoms with E-state index >= 15 is 0 Å². The highest BCUT2D eigenvalue weighted by molar-refractivity contribution is 5.82. The number of hydrogen-bond acceptors (Lipinski definition) is 5. The second-order valence-corrected chi connectivity index (χ2v) is 8.12. The Hall–Kier alpha value is -1.83. The Morgan fingerprint density at radius 3 is 2.62 bits per heavy atom. The third-order valence-corrected chi connectivity index (χ3v) is 5.06. The van der Waals surface area contributed by atoms with Gasteiger partial charge in [0.15, 0.2) is 0 Å². The minimum absolute atomic E-state index is 0.0633. The van der Waals surface area contributed by atoms with E-state index in [0.29, 0.717) is 26.1 Å². The number of nitrogens with one attached hydrogen (secondary N) is 1. The number of carbonyl (C=O) groups is 3. The normalized spacial score (nSPS) is 21.8. The van der Waals surface area contributed by atoms with Crippen molar-refractivity contribution in [2.45, 2.75) is 58.6 Å². The molecule has 2 N–H and O–H groups in total. The SMILES string of the molecule is CC(C)(C)C(CN1CCCC1=O)OC(=O)NCC(=O)N1CCC[C@H]1CO. The lowest BCUT2D eigenvalue weighted by Gasteiger charge is -2.33. The number of nitrogens with zero attached hydrogens (tertiary/aromatic N) is 2. The number of hydrogen-bond donors (Lipinski definition) is 2. The topological polar surface area (TPSA) is 99.2 Å². The molecule has 148 valence electrons. The predicted octanol–water partition coefficient (Wildman–Crippen LogP) is 0.733. The Bertz CT molecular complexity index is 531. The van der Waals surface area contributed by atoms with Gasteiger partial charge in [-0.1, -0.05) is 20.8 Å². The van der Waals surface area contributed by atoms with E-state index in [1.165, 1.54) is 0 Å². The highest BCUT2D eigenvalue weighted by Gasteiger charge is 2.34. The summed E-state index contributed by atoms with van der Waals surface area (Å²) in [6.45, 7) is 7.28. The average Bonchev–Trinajstić information content (AvgIpc) is 3.20. The molecule has 0 bridgehead atoms. The van der Waals surface area contributed by atoms with Crippen LogP contribution in [0.3, 0.4) is 0 Å². The highest BCUT2D eigenvalue weighted by atomic mass is 16.6. The fourth-order valence-electron chi connectivity index (χ4n) is 3.36. The second kappa shape index (κ2) is 8.70. The molecule has 26 heavy (non-hydrogen) atoms. The summed E-state index contributed by atoms with van der Waals surface area (Å²) in [7, 11) is 0. The van der Waals surface area contributed by atoms with Crippen LogP contribution >= 0.6 is 0 Å². The van der Waals surface area contributed by atoms with Crippen molar-refractivity contribution in [1.82, 2.24) is 15.1 Å². The van der Waals surface area contributed by atoms with Gasteiger partial charge in [-0.2, -0.15) is 0 Å². The van der Waals surface area contributed by atoms with E-state index in [1.807, 2.05) is 20.8 Å². The first-order valence-corrected chi connectivity index (χ1v) is 9.35. The quantitative estimate of drug-likeness (QED) is 0.719. The molecule has 0 saturated carbocycles. The Labute approximate surface area is 154 Å². The monoisotopic (exact) mass is 369 g/mol. The van der Waals surface area contributed by atoms with Gasteiger partial charge in [-0.25, -0.2) is 4.79 Å². The van der Waals surface area contributed by atoms with Crippen LogP contribution in [0, 0.1) is 5.41 Å². The number of rotatable bonds is 6. The molecule has 0 aromatic carbocycles. The summed E-state index contributed by atoms with van der Waals surface area (Å²) >= 11 is 0. The molecule has 2 heterocycles. The van der Waals surface area contributed by atoms with Gasteiger partial charge in [0.1, 0.15) is 12.6 Å². The van der Waals surface area contributed by atoms with Crippen molar-refractivity contribution in [3.63, 3.8) is 0 Å². The van der Waals surface area contributed by atoms with Crippen molar-refractivity contribution in [1.29, 1.82) is 0 Å². The minimum atomic E-state index is -0.662. The highest BCUT2D eigenvalue weighted by Crippen LogP contribution is 2.25. The molecule has 8 heteroatoms. The van der Waals surface area contributed by atoms with Crippen LogP contribution in [-0.2, 0) is 14.3 Å². The van der Waals surface area contributed by atoms with Gasteiger partial charge in [-0.15, -0.1) is 0 Å². The first-order chi connectivity index (χ1) is 12.2. The van der Waals surface area contributed by atoms with Crippen LogP contribution in [0.2, 0.25) is 0 Å². The van der Waals surface area contributed by atoms with Crippen LogP contribution in [0.25, 0.3) is 0 Å². The van der Waals surface area contributed by atoms with E-state index in [2.05, 4.69) is 5.32 Å². The van der Waals surface area contributed by atoms with Crippen LogP contribution < -0.4 is 5.32 Å². The summed E-state index contributed by atoms with van der Waals surface area (Å²) in [6, 6.07) is -0.163. The Morgan fingerprint density at radius 1 is 1.31 bits per heavy atom. The number of aliphatic hydroxyl groups excluding tert-OH is 1. The van der Waals surface area contributed by atoms with Gasteiger partial charge < -0.3 is 25.0 Å². The van der Waals surface area contributed by atoms with E-state index in [0.717, 1.165) is 19.3 Å². The summed E-state index contributed by atoms with van der Waals surface area (Å²) in [5.74, 6) is -0.136. The molecule has 0 aliphatic carbocycles. The Kier molecular flexibility index (Phi) is 6.86. The molecule has 2 rings (SSSR count). The number of alkyl carbamates (subject to hydrolysis) is 1. The molecule has 2 aliphatic rings. The fraction of sp³-hybridized carbons (Fsp3) is 0.833. The summed E-state index contributed by atoms with van der Waals surface area (Å²) in [6.07, 6.45) is 1.89. The zero-order valence-corrected chi connectivity index (χ0v) is 16.0. The average molecular weight is 369 g/mol. The molecule has 2 saturated heterocycles. The zero-order valence-electron chi connectivity index (χ0n) is 16.0. The number of aliphatic hydroxyl groups is 1. The van der Waals surface area contributed by atoms with E-state index in [-0.39, 0.29) is 36.4 Å². The van der Waals surface area contributed by atoms with Gasteiger partial charge in [-0.05, 0) is 19.3 Å². The molecule has 2 aliphatic heterocycles. The maximum absolute atomic E-state index is 12.2. The van der Waals surface area contributed by atoms with Gasteiger partial charge in [0, 0.05) is 24.9 Å². The van der Waals surface area contributed by atoms with E-state index in [1.54, 1.807) is 9.80 Å². The van der Waals surface area contributed by atoms with Gasteiger partial charge in [0.05, 0.1) is 19.2 Å². The third kappa shape index (κ3) is 5.33. The number of carbonyl (C=O) groups excluding carboxylic acids is 3. The largest absolute Gasteiger partial charge is 0.444 e. The molecule has 0 aromatic heterocycles. The van der Waals surface area contributed by atoms with Crippen LogP contribution in [0.4, 0.5) is 4.79 Å². The smallest absolute Gasteiger partial charge is 0.407 e. The first-order valence-electron chi connectivity index (χ1n) is 9.35. The standard InChI is InChI=1S/C18H31N3O5/c1-18(2,3)14(11-20-8-5-7-15(20)23)26-17(25)19-10-16(24)21-9-4-6-13(21)12-22/h13-14,22H,4-12H2,1-3H3,(H,19,25)/t13-,14?/m0/s1. The fourth-order valence-corrected chi connectivity index (χ4v) is 3.36. The third-order valence-electron chi connectivity index (χ3n) is 5.06. The van der Waals surface area contributed by atoms with Crippen LogP contribution in [-0.4, -0.2) is 77.7 Å². The molecule has 8 nitrogen and oxygen atoms in total. The van der Waals surface area contributed by atoms with Crippen molar-refractivity contribution in [3.05, 3.63) is 0 Å². The van der Waals surface area contributed by atoms with E-state index in [4.69, 9.17) is 4.74 Å². The van der Waals surface area contributed by atoms with E-state index < -0.39 is 12.2 Å². The summed E-state index contributed by atoms with van der Waals surface area (Å²) in [5.41, 5.74) is -0.332. The van der Waals surface area contributed by atoms with Crippen molar-refractivity contribution >= 4 is 17.9 Å². The van der Waals surface area contributed by atoms with Gasteiger partial charge in [0.2, 0.25) is 11.8 Å². The molecule has 1 unspecified atom stereocenters. The number of ether oxygens (including phenoxy) is 1. The Balaban J connectivity index is 1.84. The van der Waals surface area contributed by atoms with E-state index in [9.17, 15) is 19.5 Å². The number of amides is 3. The molecule has 2 atom stereocenters. The van der Waals surface area contributed by atoms with Crippen molar-refractivity contribution < 1.29 is 24.2 Å². The predicted molar refractivity (Wildman–Crippen MR) is 95.4 cm³/mol. The van der Waals surface area contributed by atoms with Crippen LogP contribution in [0.5, 0.6) is 0 Å². The maximum Gasteiger partial charge on any atom is 0.407 e. The second-order valence-electron chi connectivity index (χ2n) is 8.12. The first kappa shape index (κ1) is 20.5. The summed E-state index contributed by atoms with van der Waals surface area (Å²) in [4.78, 5) is 39.6. The molecule has 0 spiro atoms.